The van der Waals surface area contributed by atoms with Gasteiger partial charge in [0.2, 0.25) is 0 Å². The Morgan fingerprint density at radius 2 is 2.04 bits per heavy atom. The van der Waals surface area contributed by atoms with E-state index in [1.807, 2.05) is 18.2 Å². The topological polar surface area (TPSA) is 84.7 Å². The molecule has 26 heavy (non-hydrogen) atoms. The summed E-state index contributed by atoms with van der Waals surface area (Å²) in [5.74, 6) is -0.184. The smallest absolute Gasteiger partial charge is 0.262 e. The number of ether oxygens (including phenoxy) is 1. The molecule has 3 rings (SSSR count). The number of rotatable bonds is 6. The zero-order valence-corrected chi connectivity index (χ0v) is 16.1. The van der Waals surface area contributed by atoms with Crippen molar-refractivity contribution in [3.8, 4) is 5.75 Å². The Balaban J connectivity index is 0.00000243. The lowest BCUT2D eigenvalue weighted by molar-refractivity contribution is -0.118. The highest BCUT2D eigenvalue weighted by Crippen LogP contribution is 2.36. The fraction of sp³-hybridized carbons (Fsp3) is 0.333. The molecule has 0 spiro atoms. The zero-order chi connectivity index (χ0) is 17.8. The van der Waals surface area contributed by atoms with Gasteiger partial charge in [0.1, 0.15) is 10.8 Å². The van der Waals surface area contributed by atoms with E-state index in [0.717, 1.165) is 36.5 Å². The van der Waals surface area contributed by atoms with Gasteiger partial charge >= 0.3 is 0 Å². The van der Waals surface area contributed by atoms with Crippen LogP contribution in [0.15, 0.2) is 30.3 Å². The fourth-order valence-electron chi connectivity index (χ4n) is 2.90. The van der Waals surface area contributed by atoms with Crippen LogP contribution in [0.4, 0.5) is 5.00 Å². The molecule has 140 valence electrons. The number of likely N-dealkylation sites (N-methyl/N-ethyl adjacent to an activating group) is 1. The third-order valence-corrected chi connectivity index (χ3v) is 5.33. The van der Waals surface area contributed by atoms with Gasteiger partial charge in [-0.25, -0.2) is 0 Å². The Morgan fingerprint density at radius 1 is 1.31 bits per heavy atom. The van der Waals surface area contributed by atoms with E-state index >= 15 is 0 Å². The number of halogens is 1. The van der Waals surface area contributed by atoms with Crippen LogP contribution in [-0.2, 0) is 17.8 Å². The molecular weight excluding hydrogens is 374 g/mol. The molecule has 1 aliphatic rings. The van der Waals surface area contributed by atoms with Crippen LogP contribution in [-0.4, -0.2) is 36.4 Å². The maximum absolute atomic E-state index is 12.2. The van der Waals surface area contributed by atoms with Gasteiger partial charge < -0.3 is 15.8 Å². The predicted molar refractivity (Wildman–Crippen MR) is 105 cm³/mol. The molecule has 0 saturated heterocycles. The van der Waals surface area contributed by atoms with Crippen LogP contribution in [0, 0.1) is 0 Å². The Kier molecular flexibility index (Phi) is 7.02. The van der Waals surface area contributed by atoms with Gasteiger partial charge in [0.05, 0.1) is 5.56 Å². The molecule has 0 fully saturated rings. The maximum Gasteiger partial charge on any atom is 0.262 e. The van der Waals surface area contributed by atoms with Crippen LogP contribution in [0.1, 0.15) is 27.7 Å². The van der Waals surface area contributed by atoms with Crippen molar-refractivity contribution in [2.75, 3.05) is 25.0 Å². The molecule has 0 atom stereocenters. The van der Waals surface area contributed by atoms with E-state index in [-0.39, 0.29) is 24.9 Å². The Labute approximate surface area is 162 Å². The number of carbonyl (C=O) groups excluding carboxylic acids is 2. The largest absolute Gasteiger partial charge is 0.484 e. The molecule has 3 N–H and O–H groups in total. The van der Waals surface area contributed by atoms with Gasteiger partial charge in [-0.05, 0) is 30.7 Å². The van der Waals surface area contributed by atoms with Crippen LogP contribution in [0.2, 0.25) is 0 Å². The second kappa shape index (κ2) is 9.02. The van der Waals surface area contributed by atoms with E-state index < -0.39 is 5.91 Å². The number of anilines is 1. The molecule has 0 aliphatic carbocycles. The minimum Gasteiger partial charge on any atom is -0.484 e. The SMILES string of the molecule is CCN1CCc2c(sc(NC(=O)COc3ccccc3)c2C(N)=O)C1.Cl. The number of thiophene rings is 1. The third kappa shape index (κ3) is 4.55. The van der Waals surface area contributed by atoms with Crippen molar-refractivity contribution in [2.45, 2.75) is 19.9 Å². The molecule has 2 heterocycles. The maximum atomic E-state index is 12.2. The number of carbonyl (C=O) groups is 2. The van der Waals surface area contributed by atoms with E-state index in [1.54, 1.807) is 12.1 Å². The van der Waals surface area contributed by atoms with Crippen molar-refractivity contribution in [3.63, 3.8) is 0 Å². The van der Waals surface area contributed by atoms with Gasteiger partial charge in [-0.3, -0.25) is 14.5 Å². The highest BCUT2D eigenvalue weighted by atomic mass is 35.5. The van der Waals surface area contributed by atoms with Gasteiger partial charge in [-0.15, -0.1) is 23.7 Å². The summed E-state index contributed by atoms with van der Waals surface area (Å²) in [6.07, 6.45) is 0.772. The van der Waals surface area contributed by atoms with Crippen molar-refractivity contribution in [2.24, 2.45) is 5.73 Å². The molecule has 0 radical (unpaired) electrons. The summed E-state index contributed by atoms with van der Waals surface area (Å²) in [6, 6.07) is 9.12. The second-order valence-electron chi connectivity index (χ2n) is 5.84. The first-order valence-corrected chi connectivity index (χ1v) is 9.04. The lowest BCUT2D eigenvalue weighted by Crippen LogP contribution is -2.30. The summed E-state index contributed by atoms with van der Waals surface area (Å²) in [7, 11) is 0. The van der Waals surface area contributed by atoms with Crippen molar-refractivity contribution in [3.05, 3.63) is 46.3 Å². The van der Waals surface area contributed by atoms with E-state index in [1.165, 1.54) is 11.3 Å². The van der Waals surface area contributed by atoms with Gasteiger partial charge in [-0.2, -0.15) is 0 Å². The molecule has 2 amide bonds. The van der Waals surface area contributed by atoms with Gasteiger partial charge in [0, 0.05) is 18.0 Å². The third-order valence-electron chi connectivity index (χ3n) is 4.20. The minimum absolute atomic E-state index is 0. The molecular formula is C18H22ClN3O3S. The Bertz CT molecular complexity index is 779. The van der Waals surface area contributed by atoms with Crippen LogP contribution in [0.25, 0.3) is 0 Å². The summed E-state index contributed by atoms with van der Waals surface area (Å²) >= 11 is 1.43. The number of nitrogens with one attached hydrogen (secondary N) is 1. The monoisotopic (exact) mass is 395 g/mol. The molecule has 0 saturated carbocycles. The molecule has 6 nitrogen and oxygen atoms in total. The zero-order valence-electron chi connectivity index (χ0n) is 14.5. The average Bonchev–Trinajstić information content (AvgIpc) is 2.97. The number of primary amides is 1. The number of nitrogens with zero attached hydrogens (tertiary/aromatic N) is 1. The Morgan fingerprint density at radius 3 is 2.69 bits per heavy atom. The Hall–Kier alpha value is -2.09. The average molecular weight is 396 g/mol. The molecule has 1 aliphatic heterocycles. The van der Waals surface area contributed by atoms with E-state index in [2.05, 4.69) is 17.1 Å². The fourth-order valence-corrected chi connectivity index (χ4v) is 4.21. The van der Waals surface area contributed by atoms with Crippen LogP contribution >= 0.6 is 23.7 Å². The quantitative estimate of drug-likeness (QED) is 0.787. The van der Waals surface area contributed by atoms with Gasteiger partial charge in [-0.1, -0.05) is 25.1 Å². The lowest BCUT2D eigenvalue weighted by Gasteiger charge is -2.25. The second-order valence-corrected chi connectivity index (χ2v) is 6.95. The lowest BCUT2D eigenvalue weighted by atomic mass is 10.0. The van der Waals surface area contributed by atoms with Crippen molar-refractivity contribution < 1.29 is 14.3 Å². The van der Waals surface area contributed by atoms with Gasteiger partial charge in [0.15, 0.2) is 6.61 Å². The first kappa shape index (κ1) is 20.2. The van der Waals surface area contributed by atoms with E-state index in [9.17, 15) is 9.59 Å². The molecule has 0 bridgehead atoms. The molecule has 0 unspecified atom stereocenters. The van der Waals surface area contributed by atoms with Crippen molar-refractivity contribution >= 4 is 40.6 Å². The summed E-state index contributed by atoms with van der Waals surface area (Å²) in [5.41, 5.74) is 6.98. The van der Waals surface area contributed by atoms with Gasteiger partial charge in [0.25, 0.3) is 11.8 Å². The predicted octanol–water partition coefficient (Wildman–Crippen LogP) is 2.66. The van der Waals surface area contributed by atoms with Crippen LogP contribution in [0.3, 0.4) is 0 Å². The number of amides is 2. The number of hydrogen-bond donors (Lipinski definition) is 2. The molecule has 8 heteroatoms. The first-order valence-electron chi connectivity index (χ1n) is 8.23. The summed E-state index contributed by atoms with van der Waals surface area (Å²) < 4.78 is 5.45. The van der Waals surface area contributed by atoms with Crippen LogP contribution < -0.4 is 15.8 Å². The van der Waals surface area contributed by atoms with E-state index in [4.69, 9.17) is 10.5 Å². The molecule has 1 aromatic heterocycles. The number of nitrogens with two attached hydrogens (primary N) is 1. The normalized spacial score (nSPS) is 13.4. The highest BCUT2D eigenvalue weighted by molar-refractivity contribution is 7.17. The van der Waals surface area contributed by atoms with Crippen molar-refractivity contribution in [1.29, 1.82) is 0 Å². The molecule has 1 aromatic carbocycles. The summed E-state index contributed by atoms with van der Waals surface area (Å²) in [5, 5.41) is 3.31. The highest BCUT2D eigenvalue weighted by Gasteiger charge is 2.27. The first-order chi connectivity index (χ1) is 12.1. The number of fused-ring (bicyclic) bond motifs is 1. The minimum atomic E-state index is -0.498. The summed E-state index contributed by atoms with van der Waals surface area (Å²) in [6.45, 7) is 4.62. The van der Waals surface area contributed by atoms with Crippen molar-refractivity contribution in [1.82, 2.24) is 4.90 Å². The number of hydrogen-bond acceptors (Lipinski definition) is 5. The standard InChI is InChI=1S/C18H21N3O3S.ClH/c1-2-21-9-8-13-14(10-21)25-18(16(13)17(19)23)20-15(22)11-24-12-6-4-3-5-7-12;/h3-7H,2,8-11H2,1H3,(H2,19,23)(H,20,22);1H. The number of benzene rings is 1. The van der Waals surface area contributed by atoms with Crippen LogP contribution in [0.5, 0.6) is 5.75 Å². The molecule has 2 aromatic rings. The summed E-state index contributed by atoms with van der Waals surface area (Å²) in [4.78, 5) is 27.5. The van der Waals surface area contributed by atoms with E-state index in [0.29, 0.717) is 16.3 Å². The number of para-hydroxylation sites is 1.